The third kappa shape index (κ3) is 3.36. The standard InChI is InChI=1S/C15H13NO5/c1-19-14(17)12-6-5-10(8-13(12)15(18)20-2)21-11-4-3-7-16-9-11/h3-9H,1-2H3. The van der Waals surface area contributed by atoms with Gasteiger partial charge in [0.1, 0.15) is 11.5 Å². The monoisotopic (exact) mass is 287 g/mol. The molecule has 0 aliphatic rings. The molecular weight excluding hydrogens is 274 g/mol. The number of carbonyl (C=O) groups is 2. The molecule has 1 aromatic heterocycles. The number of aromatic nitrogens is 1. The fourth-order valence-electron chi connectivity index (χ4n) is 1.70. The summed E-state index contributed by atoms with van der Waals surface area (Å²) >= 11 is 0. The minimum Gasteiger partial charge on any atom is -0.465 e. The topological polar surface area (TPSA) is 74.7 Å². The second-order valence-corrected chi connectivity index (χ2v) is 3.98. The quantitative estimate of drug-likeness (QED) is 0.804. The highest BCUT2D eigenvalue weighted by atomic mass is 16.5. The minimum atomic E-state index is -0.646. The van der Waals surface area contributed by atoms with Gasteiger partial charge in [0.25, 0.3) is 0 Å². The lowest BCUT2D eigenvalue weighted by Gasteiger charge is -2.10. The summed E-state index contributed by atoms with van der Waals surface area (Å²) in [5.41, 5.74) is 0.189. The molecule has 1 heterocycles. The van der Waals surface area contributed by atoms with Crippen LogP contribution in [-0.4, -0.2) is 31.1 Å². The molecule has 2 rings (SSSR count). The number of ether oxygens (including phenoxy) is 3. The van der Waals surface area contributed by atoms with Crippen molar-refractivity contribution in [1.82, 2.24) is 4.98 Å². The van der Waals surface area contributed by atoms with Gasteiger partial charge in [-0.15, -0.1) is 0 Å². The van der Waals surface area contributed by atoms with Gasteiger partial charge in [-0.05, 0) is 30.3 Å². The van der Waals surface area contributed by atoms with Crippen molar-refractivity contribution in [2.75, 3.05) is 14.2 Å². The fraction of sp³-hybridized carbons (Fsp3) is 0.133. The summed E-state index contributed by atoms with van der Waals surface area (Å²) in [6, 6.07) is 7.87. The van der Waals surface area contributed by atoms with Gasteiger partial charge in [0.2, 0.25) is 0 Å². The van der Waals surface area contributed by atoms with Gasteiger partial charge >= 0.3 is 11.9 Å². The average Bonchev–Trinajstić information content (AvgIpc) is 2.54. The molecule has 0 unspecified atom stereocenters. The Hall–Kier alpha value is -2.89. The molecule has 21 heavy (non-hydrogen) atoms. The van der Waals surface area contributed by atoms with Crippen LogP contribution in [-0.2, 0) is 9.47 Å². The van der Waals surface area contributed by atoms with Crippen LogP contribution in [0.25, 0.3) is 0 Å². The Morgan fingerprint density at radius 3 is 2.29 bits per heavy atom. The lowest BCUT2D eigenvalue weighted by atomic mass is 10.1. The van der Waals surface area contributed by atoms with Gasteiger partial charge in [0.05, 0.1) is 31.5 Å². The van der Waals surface area contributed by atoms with E-state index in [1.807, 2.05) is 0 Å². The zero-order valence-electron chi connectivity index (χ0n) is 11.5. The summed E-state index contributed by atoms with van der Waals surface area (Å²) in [4.78, 5) is 27.3. The van der Waals surface area contributed by atoms with Gasteiger partial charge in [-0.1, -0.05) is 0 Å². The van der Waals surface area contributed by atoms with Gasteiger partial charge in [0.15, 0.2) is 0 Å². The van der Waals surface area contributed by atoms with Crippen molar-refractivity contribution in [1.29, 1.82) is 0 Å². The first-order chi connectivity index (χ1) is 10.2. The van der Waals surface area contributed by atoms with Crippen molar-refractivity contribution in [2.24, 2.45) is 0 Å². The molecular formula is C15H13NO5. The first-order valence-corrected chi connectivity index (χ1v) is 6.04. The number of esters is 2. The van der Waals surface area contributed by atoms with Gasteiger partial charge in [0, 0.05) is 6.20 Å². The molecule has 0 amide bonds. The molecule has 0 saturated carbocycles. The predicted octanol–water partition coefficient (Wildman–Crippen LogP) is 2.45. The van der Waals surface area contributed by atoms with E-state index in [9.17, 15) is 9.59 Å². The second kappa shape index (κ2) is 6.51. The van der Waals surface area contributed by atoms with Crippen LogP contribution in [0.3, 0.4) is 0 Å². The first kappa shape index (κ1) is 14.5. The van der Waals surface area contributed by atoms with E-state index in [1.54, 1.807) is 24.4 Å². The van der Waals surface area contributed by atoms with Crippen LogP contribution in [0, 0.1) is 0 Å². The molecule has 0 aliphatic heterocycles. The average molecular weight is 287 g/mol. The molecule has 0 N–H and O–H groups in total. The van der Waals surface area contributed by atoms with Gasteiger partial charge in [-0.25, -0.2) is 9.59 Å². The number of rotatable bonds is 4. The Morgan fingerprint density at radius 1 is 0.952 bits per heavy atom. The highest BCUT2D eigenvalue weighted by Gasteiger charge is 2.19. The van der Waals surface area contributed by atoms with E-state index in [4.69, 9.17) is 4.74 Å². The maximum absolute atomic E-state index is 11.8. The van der Waals surface area contributed by atoms with Crippen LogP contribution in [0.2, 0.25) is 0 Å². The normalized spacial score (nSPS) is 9.81. The van der Waals surface area contributed by atoms with Crippen LogP contribution < -0.4 is 4.74 Å². The molecule has 0 radical (unpaired) electrons. The smallest absolute Gasteiger partial charge is 0.338 e. The van der Waals surface area contributed by atoms with E-state index in [-0.39, 0.29) is 11.1 Å². The van der Waals surface area contributed by atoms with E-state index in [1.165, 1.54) is 32.5 Å². The Balaban J connectivity index is 2.37. The van der Waals surface area contributed by atoms with Crippen molar-refractivity contribution < 1.29 is 23.8 Å². The van der Waals surface area contributed by atoms with Crippen LogP contribution in [0.15, 0.2) is 42.7 Å². The maximum Gasteiger partial charge on any atom is 0.338 e. The first-order valence-electron chi connectivity index (χ1n) is 6.04. The van der Waals surface area contributed by atoms with Gasteiger partial charge in [-0.3, -0.25) is 4.98 Å². The Morgan fingerprint density at radius 2 is 1.67 bits per heavy atom. The van der Waals surface area contributed by atoms with E-state index in [0.717, 1.165) is 0 Å². The number of benzene rings is 1. The van der Waals surface area contributed by atoms with Crippen molar-refractivity contribution >= 4 is 11.9 Å². The van der Waals surface area contributed by atoms with Crippen LogP contribution in [0.5, 0.6) is 11.5 Å². The fourth-order valence-corrected chi connectivity index (χ4v) is 1.70. The summed E-state index contributed by atoms with van der Waals surface area (Å²) in [7, 11) is 2.47. The molecule has 6 heteroatoms. The van der Waals surface area contributed by atoms with Crippen molar-refractivity contribution in [3.05, 3.63) is 53.9 Å². The highest BCUT2D eigenvalue weighted by Crippen LogP contribution is 2.24. The summed E-state index contributed by atoms with van der Waals surface area (Å²) in [6.45, 7) is 0. The minimum absolute atomic E-state index is 0.0748. The number of hydrogen-bond acceptors (Lipinski definition) is 6. The number of hydrogen-bond donors (Lipinski definition) is 0. The SMILES string of the molecule is COC(=O)c1ccc(Oc2cccnc2)cc1C(=O)OC. The molecule has 6 nitrogen and oxygen atoms in total. The van der Waals surface area contributed by atoms with E-state index < -0.39 is 11.9 Å². The third-order valence-corrected chi connectivity index (χ3v) is 2.67. The maximum atomic E-state index is 11.8. The lowest BCUT2D eigenvalue weighted by Crippen LogP contribution is -2.11. The highest BCUT2D eigenvalue weighted by molar-refractivity contribution is 6.03. The molecule has 0 atom stereocenters. The van der Waals surface area contributed by atoms with E-state index in [2.05, 4.69) is 14.5 Å². The predicted molar refractivity (Wildman–Crippen MR) is 73.4 cm³/mol. The summed E-state index contributed by atoms with van der Waals surface area (Å²) in [6.07, 6.45) is 3.15. The molecule has 108 valence electrons. The number of carbonyl (C=O) groups excluding carboxylic acids is 2. The Kier molecular flexibility index (Phi) is 4.50. The van der Waals surface area contributed by atoms with Crippen molar-refractivity contribution in [2.45, 2.75) is 0 Å². The van der Waals surface area contributed by atoms with Crippen LogP contribution >= 0.6 is 0 Å². The Labute approximate surface area is 121 Å². The zero-order valence-corrected chi connectivity index (χ0v) is 11.5. The zero-order chi connectivity index (χ0) is 15.2. The van der Waals surface area contributed by atoms with Gasteiger partial charge < -0.3 is 14.2 Å². The number of pyridine rings is 1. The summed E-state index contributed by atoms with van der Waals surface area (Å²) in [5, 5.41) is 0. The number of methoxy groups -OCH3 is 2. The molecule has 0 bridgehead atoms. The number of nitrogens with zero attached hydrogens (tertiary/aromatic N) is 1. The largest absolute Gasteiger partial charge is 0.465 e. The molecule has 0 fully saturated rings. The van der Waals surface area contributed by atoms with Crippen molar-refractivity contribution in [3.63, 3.8) is 0 Å². The van der Waals surface area contributed by atoms with Crippen LogP contribution in [0.1, 0.15) is 20.7 Å². The summed E-state index contributed by atoms with van der Waals surface area (Å²) in [5.74, 6) is -0.370. The second-order valence-electron chi connectivity index (χ2n) is 3.98. The summed E-state index contributed by atoms with van der Waals surface area (Å²) < 4.78 is 14.9. The van der Waals surface area contributed by atoms with E-state index >= 15 is 0 Å². The Bertz CT molecular complexity index is 654. The lowest BCUT2D eigenvalue weighted by molar-refractivity contribution is 0.0555. The van der Waals surface area contributed by atoms with E-state index in [0.29, 0.717) is 11.5 Å². The third-order valence-electron chi connectivity index (χ3n) is 2.67. The van der Waals surface area contributed by atoms with Crippen molar-refractivity contribution in [3.8, 4) is 11.5 Å². The molecule has 0 saturated heterocycles. The molecule has 2 aromatic rings. The van der Waals surface area contributed by atoms with Gasteiger partial charge in [-0.2, -0.15) is 0 Å². The molecule has 0 spiro atoms. The van der Waals surface area contributed by atoms with Crippen LogP contribution in [0.4, 0.5) is 0 Å². The molecule has 1 aromatic carbocycles. The molecule has 0 aliphatic carbocycles.